The molecule has 0 spiro atoms. The van der Waals surface area contributed by atoms with Gasteiger partial charge >= 0.3 is 0 Å². The van der Waals surface area contributed by atoms with Gasteiger partial charge in [0, 0.05) is 5.69 Å². The molecule has 21 heavy (non-hydrogen) atoms. The van der Waals surface area contributed by atoms with Gasteiger partial charge < -0.3 is 15.8 Å². The van der Waals surface area contributed by atoms with Crippen molar-refractivity contribution in [2.75, 3.05) is 18.9 Å². The van der Waals surface area contributed by atoms with E-state index in [1.807, 2.05) is 6.92 Å². The Morgan fingerprint density at radius 1 is 1.38 bits per heavy atom. The van der Waals surface area contributed by atoms with Gasteiger partial charge in [-0.2, -0.15) is 0 Å². The van der Waals surface area contributed by atoms with Gasteiger partial charge in [-0.3, -0.25) is 4.79 Å². The van der Waals surface area contributed by atoms with E-state index in [0.717, 1.165) is 35.8 Å². The van der Waals surface area contributed by atoms with Crippen LogP contribution in [0.1, 0.15) is 28.7 Å². The van der Waals surface area contributed by atoms with E-state index in [1.54, 1.807) is 24.3 Å². The van der Waals surface area contributed by atoms with Crippen LogP contribution in [0.25, 0.3) is 0 Å². The Morgan fingerprint density at radius 3 is 2.86 bits per heavy atom. The van der Waals surface area contributed by atoms with Crippen LogP contribution in [0.4, 0.5) is 5.69 Å². The highest BCUT2D eigenvalue weighted by Gasteiger charge is 2.14. The summed E-state index contributed by atoms with van der Waals surface area (Å²) in [5, 5.41) is 6.78. The van der Waals surface area contributed by atoms with Crippen LogP contribution in [0.15, 0.2) is 24.3 Å². The maximum Gasteiger partial charge on any atom is 0.265 e. The minimum absolute atomic E-state index is 0.144. The van der Waals surface area contributed by atoms with E-state index >= 15 is 0 Å². The molecule has 0 aliphatic rings. The number of ether oxygens (including phenoxy) is 1. The van der Waals surface area contributed by atoms with Gasteiger partial charge in [0.25, 0.3) is 5.91 Å². The molecule has 0 saturated carbocycles. The normalized spacial score (nSPS) is 10.3. The molecule has 0 unspecified atom stereocenters. The number of nitrogens with zero attached hydrogens (tertiary/aromatic N) is 2. The lowest BCUT2D eigenvalue weighted by Gasteiger charge is -2.07. The van der Waals surface area contributed by atoms with Crippen molar-refractivity contribution in [3.63, 3.8) is 0 Å². The van der Waals surface area contributed by atoms with Gasteiger partial charge in [-0.05, 0) is 42.2 Å². The third-order valence-electron chi connectivity index (χ3n) is 2.79. The van der Waals surface area contributed by atoms with Crippen molar-refractivity contribution in [3.05, 3.63) is 34.8 Å². The van der Waals surface area contributed by atoms with Crippen LogP contribution in [-0.4, -0.2) is 28.6 Å². The first-order valence-corrected chi connectivity index (χ1v) is 7.55. The molecule has 0 bridgehead atoms. The number of aromatic nitrogens is 2. The van der Waals surface area contributed by atoms with Crippen molar-refractivity contribution in [1.82, 2.24) is 14.9 Å². The van der Waals surface area contributed by atoms with E-state index in [1.165, 1.54) is 0 Å². The van der Waals surface area contributed by atoms with Crippen LogP contribution < -0.4 is 15.8 Å². The summed E-state index contributed by atoms with van der Waals surface area (Å²) in [6, 6.07) is 7.13. The molecule has 0 aliphatic heterocycles. The highest BCUT2D eigenvalue weighted by molar-refractivity contribution is 7.08. The van der Waals surface area contributed by atoms with Crippen LogP contribution in [0, 0.1) is 0 Å². The molecular formula is C14H18N4O2S. The van der Waals surface area contributed by atoms with Gasteiger partial charge in [0.1, 0.15) is 17.2 Å². The molecule has 1 heterocycles. The average molecular weight is 306 g/mol. The number of nitrogens with two attached hydrogens (primary N) is 1. The fourth-order valence-electron chi connectivity index (χ4n) is 1.76. The molecule has 0 saturated heterocycles. The van der Waals surface area contributed by atoms with Gasteiger partial charge in [-0.25, -0.2) is 0 Å². The summed E-state index contributed by atoms with van der Waals surface area (Å²) in [5.74, 6) is 0.582. The smallest absolute Gasteiger partial charge is 0.265 e. The van der Waals surface area contributed by atoms with Gasteiger partial charge in [-0.15, -0.1) is 5.10 Å². The molecule has 2 aromatic rings. The second-order valence-corrected chi connectivity index (χ2v) is 5.23. The maximum atomic E-state index is 12.0. The Hall–Kier alpha value is -2.15. The molecule has 7 heteroatoms. The number of carbonyl (C=O) groups is 1. The summed E-state index contributed by atoms with van der Waals surface area (Å²) >= 11 is 1.13. The second kappa shape index (κ2) is 7.58. The van der Waals surface area contributed by atoms with Crippen molar-refractivity contribution >= 4 is 23.1 Å². The lowest BCUT2D eigenvalue weighted by molar-refractivity contribution is 0.0950. The van der Waals surface area contributed by atoms with E-state index in [9.17, 15) is 4.79 Å². The third kappa shape index (κ3) is 4.42. The molecule has 3 N–H and O–H groups in total. The Balaban J connectivity index is 1.76. The number of nitrogens with one attached hydrogen (secondary N) is 1. The number of amides is 1. The number of benzene rings is 1. The number of carbonyl (C=O) groups excluding carboxylic acids is 1. The van der Waals surface area contributed by atoms with E-state index in [-0.39, 0.29) is 5.91 Å². The Bertz CT molecular complexity index is 583. The zero-order valence-corrected chi connectivity index (χ0v) is 12.7. The molecule has 0 fully saturated rings. The molecular weight excluding hydrogens is 288 g/mol. The first-order valence-electron chi connectivity index (χ1n) is 6.78. The lowest BCUT2D eigenvalue weighted by Crippen LogP contribution is -2.28. The minimum Gasteiger partial charge on any atom is -0.492 e. The fourth-order valence-corrected chi connectivity index (χ4v) is 2.38. The number of rotatable bonds is 7. The predicted molar refractivity (Wildman–Crippen MR) is 82.6 cm³/mol. The molecule has 6 nitrogen and oxygen atoms in total. The topological polar surface area (TPSA) is 90.1 Å². The number of hydrogen-bond donors (Lipinski definition) is 2. The Labute approximate surface area is 127 Å². The molecule has 1 amide bonds. The molecule has 0 radical (unpaired) electrons. The number of aryl methyl sites for hydroxylation is 1. The largest absolute Gasteiger partial charge is 0.492 e. The number of anilines is 1. The van der Waals surface area contributed by atoms with Gasteiger partial charge in [0.05, 0.1) is 12.2 Å². The van der Waals surface area contributed by atoms with E-state index < -0.39 is 0 Å². The molecule has 1 aromatic heterocycles. The minimum atomic E-state index is -0.144. The summed E-state index contributed by atoms with van der Waals surface area (Å²) in [4.78, 5) is 12.6. The fraction of sp³-hybridized carbons (Fsp3) is 0.357. The summed E-state index contributed by atoms with van der Waals surface area (Å²) in [5.41, 5.74) is 7.05. The molecule has 2 rings (SSSR count). The highest BCUT2D eigenvalue weighted by Crippen LogP contribution is 2.13. The molecule has 112 valence electrons. The second-order valence-electron chi connectivity index (χ2n) is 4.47. The van der Waals surface area contributed by atoms with Gasteiger partial charge in [0.15, 0.2) is 0 Å². The summed E-state index contributed by atoms with van der Waals surface area (Å²) in [6.45, 7) is 2.86. The average Bonchev–Trinajstić information content (AvgIpc) is 2.94. The SMILES string of the molecule is CCCc1nnsc1C(=O)NCCOc1ccc(N)cc1. The van der Waals surface area contributed by atoms with Crippen molar-refractivity contribution in [2.24, 2.45) is 0 Å². The Kier molecular flexibility index (Phi) is 5.51. The highest BCUT2D eigenvalue weighted by atomic mass is 32.1. The van der Waals surface area contributed by atoms with Crippen LogP contribution in [-0.2, 0) is 6.42 Å². The van der Waals surface area contributed by atoms with Gasteiger partial charge in [0.2, 0.25) is 0 Å². The zero-order valence-electron chi connectivity index (χ0n) is 11.8. The molecule has 0 aliphatic carbocycles. The van der Waals surface area contributed by atoms with Crippen molar-refractivity contribution in [1.29, 1.82) is 0 Å². The van der Waals surface area contributed by atoms with Crippen molar-refractivity contribution in [2.45, 2.75) is 19.8 Å². The lowest BCUT2D eigenvalue weighted by atomic mass is 10.2. The quantitative estimate of drug-likeness (QED) is 0.602. The summed E-state index contributed by atoms with van der Waals surface area (Å²) < 4.78 is 9.34. The zero-order chi connectivity index (χ0) is 15.1. The monoisotopic (exact) mass is 306 g/mol. The number of hydrogen-bond acceptors (Lipinski definition) is 6. The van der Waals surface area contributed by atoms with Crippen LogP contribution in [0.2, 0.25) is 0 Å². The summed E-state index contributed by atoms with van der Waals surface area (Å²) in [7, 11) is 0. The first-order chi connectivity index (χ1) is 10.2. The molecule has 0 atom stereocenters. The van der Waals surface area contributed by atoms with Crippen molar-refractivity contribution < 1.29 is 9.53 Å². The van der Waals surface area contributed by atoms with Gasteiger partial charge in [-0.1, -0.05) is 17.8 Å². The number of nitrogen functional groups attached to an aromatic ring is 1. The molecule has 1 aromatic carbocycles. The first kappa shape index (κ1) is 15.2. The predicted octanol–water partition coefficient (Wildman–Crippen LogP) is 1.88. The standard InChI is InChI=1S/C14H18N4O2S/c1-2-3-12-13(21-18-17-12)14(19)16-8-9-20-11-6-4-10(15)5-7-11/h4-7H,2-3,8-9,15H2,1H3,(H,16,19). The van der Waals surface area contributed by atoms with E-state index in [0.29, 0.717) is 23.7 Å². The third-order valence-corrected chi connectivity index (χ3v) is 3.55. The van der Waals surface area contributed by atoms with E-state index in [2.05, 4.69) is 14.9 Å². The van der Waals surface area contributed by atoms with Crippen LogP contribution in [0.3, 0.4) is 0 Å². The van der Waals surface area contributed by atoms with Crippen LogP contribution in [0.5, 0.6) is 5.75 Å². The summed E-state index contributed by atoms with van der Waals surface area (Å²) in [6.07, 6.45) is 1.70. The van der Waals surface area contributed by atoms with Crippen LogP contribution >= 0.6 is 11.5 Å². The van der Waals surface area contributed by atoms with E-state index in [4.69, 9.17) is 10.5 Å². The van der Waals surface area contributed by atoms with Crippen molar-refractivity contribution in [3.8, 4) is 5.75 Å². The Morgan fingerprint density at radius 2 is 2.14 bits per heavy atom. The maximum absolute atomic E-state index is 12.0.